The van der Waals surface area contributed by atoms with Crippen molar-refractivity contribution in [1.29, 1.82) is 0 Å². The Morgan fingerprint density at radius 1 is 1.40 bits per heavy atom. The van der Waals surface area contributed by atoms with Crippen molar-refractivity contribution in [2.75, 3.05) is 31.6 Å². The maximum Gasteiger partial charge on any atom is 0.213 e. The number of aromatic nitrogens is 1. The standard InChI is InChI=1S/C16H18N3O/c1-18(13-7-9-19(12-13)10-11-20)16-6-2-5-15-14(16)4-3-8-17-15/h2-6,8,13H,7,9-10,12H2,1H3/t13-/m0/s1. The number of fused-ring (bicyclic) bond motifs is 1. The molecular weight excluding hydrogens is 250 g/mol. The molecule has 3 rings (SSSR count). The molecule has 4 heteroatoms. The van der Waals surface area contributed by atoms with Crippen LogP contribution < -0.4 is 4.90 Å². The maximum atomic E-state index is 10.5. The van der Waals surface area contributed by atoms with Crippen molar-refractivity contribution in [3.8, 4) is 0 Å². The summed E-state index contributed by atoms with van der Waals surface area (Å²) in [6.07, 6.45) is 4.89. The minimum Gasteiger partial charge on any atom is -0.370 e. The van der Waals surface area contributed by atoms with E-state index in [1.165, 1.54) is 11.1 Å². The highest BCUT2D eigenvalue weighted by atomic mass is 16.1. The Balaban J connectivity index is 1.86. The van der Waals surface area contributed by atoms with E-state index in [1.54, 1.807) is 0 Å². The van der Waals surface area contributed by atoms with Gasteiger partial charge in [-0.05, 0) is 30.7 Å². The number of carbonyl (C=O) groups excluding carboxylic acids is 1. The molecule has 1 radical (unpaired) electrons. The van der Waals surface area contributed by atoms with Crippen molar-refractivity contribution in [3.05, 3.63) is 36.5 Å². The van der Waals surface area contributed by atoms with E-state index < -0.39 is 0 Å². The van der Waals surface area contributed by atoms with Gasteiger partial charge in [-0.15, -0.1) is 0 Å². The highest BCUT2D eigenvalue weighted by Crippen LogP contribution is 2.28. The van der Waals surface area contributed by atoms with Crippen LogP contribution in [0.4, 0.5) is 5.69 Å². The van der Waals surface area contributed by atoms with Crippen molar-refractivity contribution in [3.63, 3.8) is 0 Å². The van der Waals surface area contributed by atoms with E-state index in [1.807, 2.05) is 30.7 Å². The van der Waals surface area contributed by atoms with Crippen LogP contribution in [-0.2, 0) is 4.79 Å². The third-order valence-electron chi connectivity index (χ3n) is 4.09. The van der Waals surface area contributed by atoms with Crippen LogP contribution in [0.1, 0.15) is 6.42 Å². The number of rotatable bonds is 4. The predicted octanol–water partition coefficient (Wildman–Crippen LogP) is 1.85. The van der Waals surface area contributed by atoms with Crippen LogP contribution in [0.2, 0.25) is 0 Å². The van der Waals surface area contributed by atoms with Gasteiger partial charge in [-0.1, -0.05) is 6.07 Å². The number of benzene rings is 1. The van der Waals surface area contributed by atoms with Gasteiger partial charge in [-0.2, -0.15) is 0 Å². The molecule has 0 bridgehead atoms. The summed E-state index contributed by atoms with van der Waals surface area (Å²) >= 11 is 0. The van der Waals surface area contributed by atoms with Crippen LogP contribution in [0.3, 0.4) is 0 Å². The first-order chi connectivity index (χ1) is 9.79. The molecule has 1 aromatic heterocycles. The van der Waals surface area contributed by atoms with Crippen LogP contribution >= 0.6 is 0 Å². The second kappa shape index (κ2) is 5.59. The zero-order valence-corrected chi connectivity index (χ0v) is 11.6. The lowest BCUT2D eigenvalue weighted by molar-refractivity contribution is 0.372. The fourth-order valence-corrected chi connectivity index (χ4v) is 2.95. The molecule has 1 aliphatic heterocycles. The molecular formula is C16H18N3O. The molecule has 103 valence electrons. The molecule has 0 unspecified atom stereocenters. The number of hydrogen-bond donors (Lipinski definition) is 0. The molecule has 0 aliphatic carbocycles. The van der Waals surface area contributed by atoms with Gasteiger partial charge in [0.15, 0.2) is 0 Å². The van der Waals surface area contributed by atoms with Gasteiger partial charge in [0.25, 0.3) is 0 Å². The zero-order valence-electron chi connectivity index (χ0n) is 11.6. The van der Waals surface area contributed by atoms with Crippen LogP contribution in [0.25, 0.3) is 10.9 Å². The molecule has 1 saturated heterocycles. The van der Waals surface area contributed by atoms with Gasteiger partial charge in [-0.25, -0.2) is 0 Å². The largest absolute Gasteiger partial charge is 0.370 e. The van der Waals surface area contributed by atoms with Gasteiger partial charge >= 0.3 is 0 Å². The minimum atomic E-state index is 0.418. The van der Waals surface area contributed by atoms with Gasteiger partial charge in [0.05, 0.1) is 12.1 Å². The van der Waals surface area contributed by atoms with Gasteiger partial charge in [-0.3, -0.25) is 14.7 Å². The molecule has 4 nitrogen and oxygen atoms in total. The molecule has 1 aromatic carbocycles. The van der Waals surface area contributed by atoms with Gasteiger partial charge < -0.3 is 4.90 Å². The summed E-state index contributed by atoms with van der Waals surface area (Å²) in [7, 11) is 2.13. The SMILES string of the molecule is CN(c1cccc2ncccc12)[C@H]1CCN(C[C]=O)C1. The second-order valence-electron chi connectivity index (χ2n) is 5.28. The molecule has 1 atom stereocenters. The molecule has 0 amide bonds. The highest BCUT2D eigenvalue weighted by Gasteiger charge is 2.26. The third-order valence-corrected chi connectivity index (χ3v) is 4.09. The van der Waals surface area contributed by atoms with Crippen LogP contribution in [0, 0.1) is 0 Å². The van der Waals surface area contributed by atoms with E-state index >= 15 is 0 Å². The fraction of sp³-hybridized carbons (Fsp3) is 0.375. The average molecular weight is 268 g/mol. The highest BCUT2D eigenvalue weighted by molar-refractivity contribution is 5.91. The van der Waals surface area contributed by atoms with Gasteiger partial charge in [0.2, 0.25) is 6.29 Å². The Kier molecular flexibility index (Phi) is 3.65. The summed E-state index contributed by atoms with van der Waals surface area (Å²) in [6.45, 7) is 2.30. The van der Waals surface area contributed by atoms with Crippen molar-refractivity contribution in [2.24, 2.45) is 0 Å². The number of likely N-dealkylation sites (N-methyl/N-ethyl adjacent to an activating group) is 1. The lowest BCUT2D eigenvalue weighted by Gasteiger charge is -2.27. The Labute approximate surface area is 119 Å². The quantitative estimate of drug-likeness (QED) is 0.848. The number of hydrogen-bond acceptors (Lipinski definition) is 4. The molecule has 2 heterocycles. The van der Waals surface area contributed by atoms with E-state index in [-0.39, 0.29) is 0 Å². The van der Waals surface area contributed by atoms with Crippen LogP contribution in [0.15, 0.2) is 36.5 Å². The lowest BCUT2D eigenvalue weighted by Crippen LogP contribution is -2.35. The van der Waals surface area contributed by atoms with Crippen molar-refractivity contribution < 1.29 is 4.79 Å². The fourth-order valence-electron chi connectivity index (χ4n) is 2.95. The van der Waals surface area contributed by atoms with Gasteiger partial charge in [0, 0.05) is 43.4 Å². The van der Waals surface area contributed by atoms with Gasteiger partial charge in [0.1, 0.15) is 0 Å². The molecule has 20 heavy (non-hydrogen) atoms. The molecule has 0 N–H and O–H groups in total. The molecule has 1 fully saturated rings. The Morgan fingerprint density at radius 2 is 2.30 bits per heavy atom. The van der Waals surface area contributed by atoms with Crippen molar-refractivity contribution >= 4 is 22.9 Å². The van der Waals surface area contributed by atoms with E-state index in [9.17, 15) is 4.79 Å². The summed E-state index contributed by atoms with van der Waals surface area (Å²) in [5.74, 6) is 0. The smallest absolute Gasteiger partial charge is 0.213 e. The summed E-state index contributed by atoms with van der Waals surface area (Å²) in [5.41, 5.74) is 2.23. The lowest BCUT2D eigenvalue weighted by atomic mass is 10.1. The van der Waals surface area contributed by atoms with Crippen molar-refractivity contribution in [1.82, 2.24) is 9.88 Å². The van der Waals surface area contributed by atoms with E-state index in [0.717, 1.165) is 25.0 Å². The van der Waals surface area contributed by atoms with Crippen LogP contribution in [0.5, 0.6) is 0 Å². The summed E-state index contributed by atoms with van der Waals surface area (Å²) in [4.78, 5) is 19.4. The molecule has 0 spiro atoms. The normalized spacial score (nSPS) is 19.4. The first kappa shape index (κ1) is 13.1. The Hall–Kier alpha value is -1.94. The number of anilines is 1. The van der Waals surface area contributed by atoms with E-state index in [4.69, 9.17) is 0 Å². The topological polar surface area (TPSA) is 36.4 Å². The summed E-state index contributed by atoms with van der Waals surface area (Å²) in [6, 6.07) is 10.7. The predicted molar refractivity (Wildman–Crippen MR) is 80.7 cm³/mol. The third kappa shape index (κ3) is 2.39. The summed E-state index contributed by atoms with van der Waals surface area (Å²) in [5, 5.41) is 1.18. The van der Waals surface area contributed by atoms with Crippen molar-refractivity contribution in [2.45, 2.75) is 12.5 Å². The molecule has 1 aliphatic rings. The number of pyridine rings is 1. The van der Waals surface area contributed by atoms with E-state index in [2.05, 4.69) is 34.0 Å². The van der Waals surface area contributed by atoms with Crippen LogP contribution in [-0.4, -0.2) is 48.9 Å². The zero-order chi connectivity index (χ0) is 13.9. The number of nitrogens with zero attached hydrogens (tertiary/aromatic N) is 3. The Bertz CT molecular complexity index is 608. The maximum absolute atomic E-state index is 10.5. The monoisotopic (exact) mass is 268 g/mol. The minimum absolute atomic E-state index is 0.418. The Morgan fingerprint density at radius 3 is 3.15 bits per heavy atom. The molecule has 2 aromatic rings. The molecule has 0 saturated carbocycles. The van der Waals surface area contributed by atoms with E-state index in [0.29, 0.717) is 12.6 Å². The second-order valence-corrected chi connectivity index (χ2v) is 5.28. The first-order valence-electron chi connectivity index (χ1n) is 6.93. The summed E-state index contributed by atoms with van der Waals surface area (Å²) < 4.78 is 0. The average Bonchev–Trinajstić information content (AvgIpc) is 2.95. The number of likely N-dealkylation sites (tertiary alicyclic amines) is 1. The first-order valence-corrected chi connectivity index (χ1v) is 6.93.